The minimum atomic E-state index is -1.43. The first-order valence-corrected chi connectivity index (χ1v) is 11.3. The molecule has 2 N–H and O–H groups in total. The third-order valence-corrected chi connectivity index (χ3v) is 6.60. The molecule has 0 radical (unpaired) electrons. The zero-order valence-corrected chi connectivity index (χ0v) is 18.5. The van der Waals surface area contributed by atoms with Crippen LogP contribution < -0.4 is 15.6 Å². The molecule has 168 valence electrons. The van der Waals surface area contributed by atoms with Gasteiger partial charge >= 0.3 is 5.97 Å². The van der Waals surface area contributed by atoms with E-state index in [2.05, 4.69) is 25.5 Å². The highest BCUT2D eigenvalue weighted by atomic mass is 32.1. The first-order valence-electron chi connectivity index (χ1n) is 9.57. The van der Waals surface area contributed by atoms with Crippen LogP contribution in [0.5, 0.6) is 0 Å². The zero-order chi connectivity index (χ0) is 23.3. The van der Waals surface area contributed by atoms with Crippen molar-refractivity contribution in [3.8, 4) is 5.13 Å². The van der Waals surface area contributed by atoms with Gasteiger partial charge in [0.15, 0.2) is 22.4 Å². The molecule has 33 heavy (non-hydrogen) atoms. The summed E-state index contributed by atoms with van der Waals surface area (Å²) in [5.74, 6) is -2.91. The first-order chi connectivity index (χ1) is 15.8. The molecule has 4 aromatic heterocycles. The zero-order valence-electron chi connectivity index (χ0n) is 16.9. The molecule has 0 aromatic carbocycles. The van der Waals surface area contributed by atoms with E-state index < -0.39 is 28.7 Å². The van der Waals surface area contributed by atoms with Gasteiger partial charge in [-0.1, -0.05) is 11.3 Å². The minimum Gasteiger partial charge on any atom is -0.477 e. The quantitative estimate of drug-likeness (QED) is 0.431. The molecule has 1 aliphatic rings. The third-order valence-electron chi connectivity index (χ3n) is 5.08. The summed E-state index contributed by atoms with van der Waals surface area (Å²) in [6.07, 6.45) is 2.66. The number of carboxylic acids is 1. The van der Waals surface area contributed by atoms with E-state index in [1.165, 1.54) is 33.4 Å². The summed E-state index contributed by atoms with van der Waals surface area (Å²) in [4.78, 5) is 46.6. The lowest BCUT2D eigenvalue weighted by atomic mass is 9.99. The molecule has 14 heteroatoms. The Balaban J connectivity index is 1.48. The van der Waals surface area contributed by atoms with Crippen LogP contribution in [0, 0.1) is 18.7 Å². The van der Waals surface area contributed by atoms with E-state index >= 15 is 0 Å². The van der Waals surface area contributed by atoms with Crippen molar-refractivity contribution >= 4 is 56.5 Å². The van der Waals surface area contributed by atoms with Crippen molar-refractivity contribution in [1.29, 1.82) is 0 Å². The number of halogens is 1. The Bertz CT molecular complexity index is 1460. The van der Waals surface area contributed by atoms with E-state index in [-0.39, 0.29) is 35.8 Å². The number of aryl methyl sites for hydroxylation is 1. The SMILES string of the molecule is Cc1nnc(NC(=O)C2CN(c3nc4c(cc3F)c(=O)c(C(=O)O)cn4-c3nccs3)C2)s1. The van der Waals surface area contributed by atoms with E-state index in [0.29, 0.717) is 10.3 Å². The van der Waals surface area contributed by atoms with Crippen LogP contribution in [-0.4, -0.2) is 54.8 Å². The number of hydrogen-bond donors (Lipinski definition) is 2. The molecule has 1 aliphatic heterocycles. The van der Waals surface area contributed by atoms with Crippen LogP contribution in [0.1, 0.15) is 15.4 Å². The number of nitrogens with one attached hydrogen (secondary N) is 1. The van der Waals surface area contributed by atoms with E-state index in [9.17, 15) is 23.9 Å². The molecule has 1 fully saturated rings. The molecule has 0 unspecified atom stereocenters. The van der Waals surface area contributed by atoms with Crippen molar-refractivity contribution in [3.05, 3.63) is 50.5 Å². The van der Waals surface area contributed by atoms with E-state index in [0.717, 1.165) is 17.3 Å². The molecule has 1 saturated heterocycles. The predicted octanol–water partition coefficient (Wildman–Crippen LogP) is 1.91. The van der Waals surface area contributed by atoms with Gasteiger partial charge in [0.25, 0.3) is 0 Å². The van der Waals surface area contributed by atoms with Crippen LogP contribution in [0.15, 0.2) is 28.6 Å². The molecular formula is C19H14FN7O4S2. The highest BCUT2D eigenvalue weighted by molar-refractivity contribution is 7.15. The number of carbonyl (C=O) groups is 2. The van der Waals surface area contributed by atoms with E-state index in [1.54, 1.807) is 17.2 Å². The predicted molar refractivity (Wildman–Crippen MR) is 119 cm³/mol. The number of amides is 1. The Hall–Kier alpha value is -3.78. The molecular weight excluding hydrogens is 473 g/mol. The van der Waals surface area contributed by atoms with Gasteiger partial charge in [-0.2, -0.15) is 0 Å². The molecule has 11 nitrogen and oxygen atoms in total. The summed E-state index contributed by atoms with van der Waals surface area (Å²) in [6, 6.07) is 0.980. The number of aromatic nitrogens is 5. The van der Waals surface area contributed by atoms with Crippen molar-refractivity contribution in [2.75, 3.05) is 23.3 Å². The van der Waals surface area contributed by atoms with Crippen LogP contribution in [0.25, 0.3) is 16.2 Å². The fourth-order valence-corrected chi connectivity index (χ4v) is 4.65. The van der Waals surface area contributed by atoms with Gasteiger partial charge < -0.3 is 15.3 Å². The Morgan fingerprint density at radius 2 is 2.09 bits per heavy atom. The normalized spacial score (nSPS) is 13.8. The van der Waals surface area contributed by atoms with Crippen molar-refractivity contribution < 1.29 is 19.1 Å². The lowest BCUT2D eigenvalue weighted by molar-refractivity contribution is -0.120. The van der Waals surface area contributed by atoms with Crippen LogP contribution in [0.3, 0.4) is 0 Å². The van der Waals surface area contributed by atoms with Crippen LogP contribution >= 0.6 is 22.7 Å². The Morgan fingerprint density at radius 1 is 1.30 bits per heavy atom. The van der Waals surface area contributed by atoms with Gasteiger partial charge in [0.05, 0.1) is 11.3 Å². The summed E-state index contributed by atoms with van der Waals surface area (Å²) in [5.41, 5.74) is -1.27. The molecule has 0 aliphatic carbocycles. The number of aromatic carboxylic acids is 1. The van der Waals surface area contributed by atoms with Crippen molar-refractivity contribution in [1.82, 2.24) is 24.7 Å². The molecule has 0 spiro atoms. The fraction of sp³-hybridized carbons (Fsp3) is 0.211. The van der Waals surface area contributed by atoms with Gasteiger partial charge in [0.2, 0.25) is 16.5 Å². The topological polar surface area (TPSA) is 143 Å². The summed E-state index contributed by atoms with van der Waals surface area (Å²) in [5, 5.41) is 22.8. The number of fused-ring (bicyclic) bond motifs is 1. The van der Waals surface area contributed by atoms with Crippen molar-refractivity contribution in [3.63, 3.8) is 0 Å². The molecule has 1 amide bonds. The van der Waals surface area contributed by atoms with Gasteiger partial charge in [-0.15, -0.1) is 21.5 Å². The second kappa shape index (κ2) is 7.97. The maximum Gasteiger partial charge on any atom is 0.341 e. The van der Waals surface area contributed by atoms with Gasteiger partial charge in [0, 0.05) is 30.9 Å². The maximum absolute atomic E-state index is 14.9. The van der Waals surface area contributed by atoms with E-state index in [1.807, 2.05) is 0 Å². The number of carbonyl (C=O) groups excluding carboxylic acids is 1. The summed E-state index contributed by atoms with van der Waals surface area (Å²) in [6.45, 7) is 2.21. The number of thiazole rings is 1. The molecule has 0 atom stereocenters. The lowest BCUT2D eigenvalue weighted by Crippen LogP contribution is -2.52. The molecule has 5 rings (SSSR count). The Kier molecular flexibility index (Phi) is 5.09. The third kappa shape index (κ3) is 3.72. The van der Waals surface area contributed by atoms with Crippen LogP contribution in [0.4, 0.5) is 15.3 Å². The smallest absolute Gasteiger partial charge is 0.341 e. The second-order valence-corrected chi connectivity index (χ2v) is 9.30. The van der Waals surface area contributed by atoms with Crippen LogP contribution in [-0.2, 0) is 4.79 Å². The molecule has 4 aromatic rings. The summed E-state index contributed by atoms with van der Waals surface area (Å²) < 4.78 is 16.3. The van der Waals surface area contributed by atoms with Gasteiger partial charge in [-0.25, -0.2) is 19.2 Å². The fourth-order valence-electron chi connectivity index (χ4n) is 3.44. The largest absolute Gasteiger partial charge is 0.477 e. The molecule has 0 saturated carbocycles. The lowest BCUT2D eigenvalue weighted by Gasteiger charge is -2.39. The van der Waals surface area contributed by atoms with Crippen molar-refractivity contribution in [2.24, 2.45) is 5.92 Å². The number of carboxylic acid groups (broad SMARTS) is 1. The average molecular weight is 487 g/mol. The molecule has 5 heterocycles. The highest BCUT2D eigenvalue weighted by Gasteiger charge is 2.36. The number of anilines is 2. The van der Waals surface area contributed by atoms with Gasteiger partial charge in [-0.3, -0.25) is 14.2 Å². The standard InChI is InChI=1S/C19H14FN7O4S2/c1-8-24-25-18(33-8)23-16(29)9-5-26(6-9)15-12(20)4-10-13(28)11(17(30)31)7-27(14(10)22-15)19-21-2-3-32-19/h2-4,7,9H,5-6H2,1H3,(H,30,31)(H,23,25,29). The number of rotatable bonds is 5. The number of hydrogen-bond acceptors (Lipinski definition) is 10. The summed E-state index contributed by atoms with van der Waals surface area (Å²) >= 11 is 2.46. The van der Waals surface area contributed by atoms with Gasteiger partial charge in [-0.05, 0) is 13.0 Å². The van der Waals surface area contributed by atoms with Gasteiger partial charge in [0.1, 0.15) is 10.6 Å². The monoisotopic (exact) mass is 487 g/mol. The average Bonchev–Trinajstić information content (AvgIpc) is 3.40. The van der Waals surface area contributed by atoms with E-state index in [4.69, 9.17) is 0 Å². The first kappa shape index (κ1) is 21.1. The summed E-state index contributed by atoms with van der Waals surface area (Å²) in [7, 11) is 0. The number of pyridine rings is 2. The molecule has 0 bridgehead atoms. The maximum atomic E-state index is 14.9. The number of nitrogens with zero attached hydrogens (tertiary/aromatic N) is 6. The highest BCUT2D eigenvalue weighted by Crippen LogP contribution is 2.29. The second-order valence-electron chi connectivity index (χ2n) is 7.24. The van der Waals surface area contributed by atoms with Crippen molar-refractivity contribution in [2.45, 2.75) is 6.92 Å². The minimum absolute atomic E-state index is 0.0360. The Labute approximate surface area is 192 Å². The Morgan fingerprint density at radius 3 is 2.73 bits per heavy atom. The van der Waals surface area contributed by atoms with Crippen LogP contribution in [0.2, 0.25) is 0 Å².